The number of aryl methyl sites for hydroxylation is 3. The van der Waals surface area contributed by atoms with Gasteiger partial charge in [0.05, 0.1) is 10.2 Å². The van der Waals surface area contributed by atoms with Crippen molar-refractivity contribution in [2.24, 2.45) is 0 Å². The second-order valence-electron chi connectivity index (χ2n) is 4.72. The van der Waals surface area contributed by atoms with E-state index in [4.69, 9.17) is 11.6 Å². The molecule has 2 heterocycles. The monoisotopic (exact) mass is 288 g/mol. The van der Waals surface area contributed by atoms with E-state index in [1.807, 2.05) is 0 Å². The number of halogens is 1. The molecule has 0 unspecified atom stereocenters. The van der Waals surface area contributed by atoms with Crippen molar-refractivity contribution in [3.8, 4) is 10.4 Å². The summed E-state index contributed by atoms with van der Waals surface area (Å²) >= 11 is 7.83. The van der Waals surface area contributed by atoms with Crippen LogP contribution in [0.25, 0.3) is 20.7 Å². The lowest BCUT2D eigenvalue weighted by Crippen LogP contribution is -1.85. The Hall–Kier alpha value is -1.45. The number of thiophene rings is 1. The lowest BCUT2D eigenvalue weighted by atomic mass is 10.0. The van der Waals surface area contributed by atoms with Gasteiger partial charge in [-0.2, -0.15) is 0 Å². The van der Waals surface area contributed by atoms with Gasteiger partial charge in [-0.1, -0.05) is 35.4 Å². The van der Waals surface area contributed by atoms with Gasteiger partial charge < -0.3 is 0 Å². The molecule has 3 rings (SSSR count). The minimum atomic E-state index is 0.537. The Labute approximate surface area is 121 Å². The zero-order valence-electron chi connectivity index (χ0n) is 11.0. The van der Waals surface area contributed by atoms with Gasteiger partial charge in [0.25, 0.3) is 0 Å². The average molecular weight is 289 g/mol. The summed E-state index contributed by atoms with van der Waals surface area (Å²) in [5, 5.41) is 0.537. The molecule has 4 heteroatoms. The number of hydrogen-bond donors (Lipinski definition) is 0. The van der Waals surface area contributed by atoms with Crippen molar-refractivity contribution in [2.75, 3.05) is 0 Å². The molecule has 1 aromatic carbocycles. The molecule has 0 atom stereocenters. The van der Waals surface area contributed by atoms with Crippen molar-refractivity contribution in [1.82, 2.24) is 9.97 Å². The number of fused-ring (bicyclic) bond motifs is 1. The summed E-state index contributed by atoms with van der Waals surface area (Å²) in [5.74, 6) is 0. The summed E-state index contributed by atoms with van der Waals surface area (Å²) in [4.78, 5) is 9.65. The maximum absolute atomic E-state index is 6.16. The first-order valence-electron chi connectivity index (χ1n) is 6.05. The van der Waals surface area contributed by atoms with E-state index in [2.05, 4.69) is 48.9 Å². The second kappa shape index (κ2) is 4.58. The minimum Gasteiger partial charge on any atom is -0.235 e. The Kier molecular flexibility index (Phi) is 3.03. The first-order valence-corrected chi connectivity index (χ1v) is 7.24. The third-order valence-corrected chi connectivity index (χ3v) is 5.02. The van der Waals surface area contributed by atoms with Crippen LogP contribution in [0.1, 0.15) is 16.7 Å². The van der Waals surface area contributed by atoms with Crippen molar-refractivity contribution in [1.29, 1.82) is 0 Å². The first kappa shape index (κ1) is 12.6. The van der Waals surface area contributed by atoms with E-state index in [-0.39, 0.29) is 0 Å². The lowest BCUT2D eigenvalue weighted by Gasteiger charge is -2.06. The molecule has 0 aliphatic rings. The van der Waals surface area contributed by atoms with E-state index in [0.29, 0.717) is 5.15 Å². The predicted molar refractivity (Wildman–Crippen MR) is 82.1 cm³/mol. The highest BCUT2D eigenvalue weighted by Crippen LogP contribution is 2.40. The van der Waals surface area contributed by atoms with E-state index in [9.17, 15) is 0 Å². The lowest BCUT2D eigenvalue weighted by molar-refractivity contribution is 1.22. The quantitative estimate of drug-likeness (QED) is 0.593. The van der Waals surface area contributed by atoms with Gasteiger partial charge >= 0.3 is 0 Å². The Morgan fingerprint density at radius 2 is 1.89 bits per heavy atom. The fourth-order valence-electron chi connectivity index (χ4n) is 2.23. The number of aromatic nitrogens is 2. The van der Waals surface area contributed by atoms with Crippen LogP contribution in [-0.2, 0) is 0 Å². The molecule has 3 aromatic rings. The number of benzene rings is 1. The van der Waals surface area contributed by atoms with Gasteiger partial charge in [0.1, 0.15) is 11.5 Å². The molecule has 0 spiro atoms. The van der Waals surface area contributed by atoms with Crippen LogP contribution in [0.3, 0.4) is 0 Å². The third kappa shape index (κ3) is 2.03. The SMILES string of the molecule is Cc1ccc(C)c(-c2sc3c(Cl)ncnc3c2C)c1. The molecular weight excluding hydrogens is 276 g/mol. The van der Waals surface area contributed by atoms with Gasteiger partial charge in [0, 0.05) is 4.88 Å². The second-order valence-corrected chi connectivity index (χ2v) is 6.10. The van der Waals surface area contributed by atoms with Crippen LogP contribution in [0.15, 0.2) is 24.5 Å². The van der Waals surface area contributed by atoms with Crippen LogP contribution in [-0.4, -0.2) is 9.97 Å². The zero-order chi connectivity index (χ0) is 13.6. The average Bonchev–Trinajstić information content (AvgIpc) is 2.72. The molecule has 2 nitrogen and oxygen atoms in total. The predicted octanol–water partition coefficient (Wildman–Crippen LogP) is 4.94. The zero-order valence-corrected chi connectivity index (χ0v) is 12.6. The van der Waals surface area contributed by atoms with Gasteiger partial charge in [0.15, 0.2) is 0 Å². The Morgan fingerprint density at radius 1 is 1.11 bits per heavy atom. The van der Waals surface area contributed by atoms with Crippen LogP contribution in [0.5, 0.6) is 0 Å². The van der Waals surface area contributed by atoms with E-state index in [0.717, 1.165) is 10.2 Å². The van der Waals surface area contributed by atoms with Crippen molar-refractivity contribution in [2.45, 2.75) is 20.8 Å². The number of hydrogen-bond acceptors (Lipinski definition) is 3. The fourth-order valence-corrected chi connectivity index (χ4v) is 3.71. The van der Waals surface area contributed by atoms with E-state index in [1.165, 1.54) is 33.5 Å². The van der Waals surface area contributed by atoms with Crippen LogP contribution in [0.4, 0.5) is 0 Å². The number of nitrogens with zero attached hydrogens (tertiary/aromatic N) is 2. The van der Waals surface area contributed by atoms with Crippen LogP contribution in [0.2, 0.25) is 5.15 Å². The standard InChI is InChI=1S/C15H13ClN2S/c1-8-4-5-9(2)11(6-8)13-10(3)12-14(19-13)15(16)18-7-17-12/h4-7H,1-3H3. The van der Waals surface area contributed by atoms with Crippen molar-refractivity contribution in [3.05, 3.63) is 46.4 Å². The minimum absolute atomic E-state index is 0.537. The molecule has 19 heavy (non-hydrogen) atoms. The molecule has 0 saturated heterocycles. The smallest absolute Gasteiger partial charge is 0.150 e. The van der Waals surface area contributed by atoms with Crippen molar-refractivity contribution in [3.63, 3.8) is 0 Å². The third-order valence-electron chi connectivity index (χ3n) is 3.30. The molecule has 2 aromatic heterocycles. The molecule has 0 amide bonds. The van der Waals surface area contributed by atoms with Gasteiger partial charge in [-0.25, -0.2) is 9.97 Å². The Balaban J connectivity index is 2.34. The largest absolute Gasteiger partial charge is 0.235 e. The fraction of sp³-hybridized carbons (Fsp3) is 0.200. The molecule has 0 bridgehead atoms. The maximum Gasteiger partial charge on any atom is 0.150 e. The first-order chi connectivity index (χ1) is 9.08. The molecule has 0 N–H and O–H groups in total. The summed E-state index contributed by atoms with van der Waals surface area (Å²) in [5.41, 5.74) is 5.93. The van der Waals surface area contributed by atoms with Gasteiger partial charge in [-0.15, -0.1) is 11.3 Å². The highest BCUT2D eigenvalue weighted by molar-refractivity contribution is 7.23. The van der Waals surface area contributed by atoms with E-state index in [1.54, 1.807) is 11.3 Å². The summed E-state index contributed by atoms with van der Waals surface area (Å²) in [6.07, 6.45) is 1.53. The molecule has 0 fully saturated rings. The Morgan fingerprint density at radius 3 is 2.63 bits per heavy atom. The van der Waals surface area contributed by atoms with Crippen LogP contribution >= 0.6 is 22.9 Å². The summed E-state index contributed by atoms with van der Waals surface area (Å²) < 4.78 is 0.970. The molecular formula is C15H13ClN2S. The Bertz CT molecular complexity index is 777. The van der Waals surface area contributed by atoms with Gasteiger partial charge in [0.2, 0.25) is 0 Å². The van der Waals surface area contributed by atoms with E-state index < -0.39 is 0 Å². The summed E-state index contributed by atoms with van der Waals surface area (Å²) in [6, 6.07) is 6.50. The van der Waals surface area contributed by atoms with Crippen LogP contribution < -0.4 is 0 Å². The topological polar surface area (TPSA) is 25.8 Å². The molecule has 0 saturated carbocycles. The highest BCUT2D eigenvalue weighted by atomic mass is 35.5. The molecule has 0 aliphatic carbocycles. The van der Waals surface area contributed by atoms with E-state index >= 15 is 0 Å². The molecule has 0 aliphatic heterocycles. The van der Waals surface area contributed by atoms with Crippen molar-refractivity contribution < 1.29 is 0 Å². The van der Waals surface area contributed by atoms with Crippen molar-refractivity contribution >= 4 is 33.2 Å². The van der Waals surface area contributed by atoms with Gasteiger partial charge in [-0.05, 0) is 37.5 Å². The summed E-state index contributed by atoms with van der Waals surface area (Å²) in [6.45, 7) is 6.34. The summed E-state index contributed by atoms with van der Waals surface area (Å²) in [7, 11) is 0. The maximum atomic E-state index is 6.16. The molecule has 96 valence electrons. The number of rotatable bonds is 1. The van der Waals surface area contributed by atoms with Gasteiger partial charge in [-0.3, -0.25) is 0 Å². The highest BCUT2D eigenvalue weighted by Gasteiger charge is 2.15. The normalized spacial score (nSPS) is 11.2. The molecule has 0 radical (unpaired) electrons. The van der Waals surface area contributed by atoms with Crippen LogP contribution in [0, 0.1) is 20.8 Å².